The molecule has 18 heteroatoms. The summed E-state index contributed by atoms with van der Waals surface area (Å²) in [5.41, 5.74) is 11.6. The standard InChI is InChI=1S/C35H20N4Se2.C31H18N4Se2.C27H16N4Se2/c36-20-22(35-37-21-28-26-11-2-1-9-24(26)25-10-3-4-12-27(25)34(28)38-35)19-23-17-18-33(40-23)39-29-13-5-7-15-31(29)41-32-16-8-6-14-30(32)39;32-18-21(31-33-19-24-23-8-2-1-7-20(23)13-15-25(24)34-31)17-22-14-16-30(36-22)35-26-9-3-5-11-28(26)37-29-12-6-4-10-27(29)35;28-16-19(27-29-17-18-7-1-2-8-21(18)30-27)15-20-13-14-26(32-20)31-22-9-3-5-11-24(22)33-25-12-6-4-10-23(25)31/h1-19,21H;1-17,19H;1-15,17H/b22-19+;21-17+;19-15+. The number of hydrogen-bond acceptors (Lipinski definition) is 12. The Morgan fingerprint density at radius 3 is 1.03 bits per heavy atom. The third kappa shape index (κ3) is 13.5. The normalized spacial score (nSPS) is 12.8. The molecule has 0 unspecified atom stereocenters. The van der Waals surface area contributed by atoms with Gasteiger partial charge in [0.05, 0.1) is 0 Å². The number of hydrogen-bond donors (Lipinski definition) is 0. The van der Waals surface area contributed by atoms with Crippen molar-refractivity contribution in [3.05, 3.63) is 341 Å². The second kappa shape index (κ2) is 30.5. The van der Waals surface area contributed by atoms with Crippen LogP contribution in [-0.4, -0.2) is 118 Å². The molecule has 111 heavy (non-hydrogen) atoms. The number of para-hydroxylation sites is 7. The molecule has 0 N–H and O–H groups in total. The Hall–Kier alpha value is -11.9. The molecule has 0 spiro atoms. The Morgan fingerprint density at radius 2 is 0.595 bits per heavy atom. The number of aromatic nitrogens is 6. The third-order valence-corrected chi connectivity index (χ3v) is 32.7. The van der Waals surface area contributed by atoms with Crippen molar-refractivity contribution in [3.8, 4) is 18.2 Å². The van der Waals surface area contributed by atoms with Crippen LogP contribution >= 0.6 is 0 Å². The Balaban J connectivity index is 0.000000113. The summed E-state index contributed by atoms with van der Waals surface area (Å²) < 4.78 is 15.5. The molecule has 0 saturated heterocycles. The van der Waals surface area contributed by atoms with Crippen molar-refractivity contribution in [2.24, 2.45) is 0 Å². The number of anilines is 9. The van der Waals surface area contributed by atoms with Crippen LogP contribution in [0.25, 0.3) is 100.0 Å². The molecular weight excluding hydrogens is 1760 g/mol. The third-order valence-electron chi connectivity index (χ3n) is 19.2. The first-order valence-electron chi connectivity index (χ1n) is 35.4. The summed E-state index contributed by atoms with van der Waals surface area (Å²) in [6.45, 7) is 0. The molecule has 0 saturated carbocycles. The van der Waals surface area contributed by atoms with Crippen LogP contribution in [0.2, 0.25) is 0 Å². The maximum atomic E-state index is 10.2. The van der Waals surface area contributed by atoms with Gasteiger partial charge in [-0.25, -0.2) is 0 Å². The summed E-state index contributed by atoms with van der Waals surface area (Å²) >= 11 is 0.991. The Kier molecular flexibility index (Phi) is 19.1. The van der Waals surface area contributed by atoms with E-state index >= 15 is 0 Å². The summed E-state index contributed by atoms with van der Waals surface area (Å²) in [6, 6.07) is 109. The van der Waals surface area contributed by atoms with Gasteiger partial charge in [0.15, 0.2) is 0 Å². The van der Waals surface area contributed by atoms with Gasteiger partial charge < -0.3 is 0 Å². The quantitative estimate of drug-likeness (QED) is 0.0766. The first-order valence-corrected chi connectivity index (χ1v) is 45.7. The molecule has 18 aromatic rings. The average Bonchev–Trinajstić information content (AvgIpc) is 1.28. The first kappa shape index (κ1) is 69.5. The molecule has 0 aliphatic carbocycles. The van der Waals surface area contributed by atoms with Crippen LogP contribution in [0.5, 0.6) is 0 Å². The SMILES string of the molecule is N#C/C(=C\c1ccc(N2c3ccccc3[Se]c3ccccc32)[se]1)c1ncc2c(ccc3ccccc32)n1.N#C/C(=C\c1ccc(N2c3ccccc3[Se]c3ccccc32)[se]1)c1ncc2c3ccccc3c3ccccc3c2n1.N#C/C(=C\c1ccc(N2c3ccccc3[Se]c3ccccc32)[se]1)c1ncc2ccccc2n1. The van der Waals surface area contributed by atoms with Gasteiger partial charge in [0, 0.05) is 0 Å². The van der Waals surface area contributed by atoms with E-state index in [1.54, 1.807) is 6.20 Å². The number of benzene rings is 12. The maximum absolute atomic E-state index is 10.2. The zero-order chi connectivity index (χ0) is 74.3. The van der Waals surface area contributed by atoms with E-state index < -0.39 is 0 Å². The number of nitrogens with zero attached hydrogens (tertiary/aromatic N) is 12. The molecule has 522 valence electrons. The van der Waals surface area contributed by atoms with Crippen LogP contribution in [0.1, 0.15) is 30.8 Å². The van der Waals surface area contributed by atoms with Crippen molar-refractivity contribution in [3.63, 3.8) is 0 Å². The van der Waals surface area contributed by atoms with Crippen LogP contribution in [-0.2, 0) is 0 Å². The molecule has 0 atom stereocenters. The van der Waals surface area contributed by atoms with Crippen LogP contribution in [0.4, 0.5) is 47.8 Å². The second-order valence-electron chi connectivity index (χ2n) is 25.9. The fraction of sp³-hybridized carbons (Fsp3) is 0. The van der Waals surface area contributed by atoms with Gasteiger partial charge in [-0.1, -0.05) is 0 Å². The van der Waals surface area contributed by atoms with Gasteiger partial charge in [-0.2, -0.15) is 0 Å². The predicted molar refractivity (Wildman–Crippen MR) is 461 cm³/mol. The molecule has 12 aromatic carbocycles. The summed E-state index contributed by atoms with van der Waals surface area (Å²) in [4.78, 5) is 35.3. The van der Waals surface area contributed by atoms with Gasteiger partial charge in [-0.15, -0.1) is 0 Å². The van der Waals surface area contributed by atoms with E-state index in [1.807, 2.05) is 85.2 Å². The van der Waals surface area contributed by atoms with Gasteiger partial charge in [0.25, 0.3) is 0 Å². The van der Waals surface area contributed by atoms with E-state index in [1.165, 1.54) is 80.0 Å². The van der Waals surface area contributed by atoms with Gasteiger partial charge in [0.2, 0.25) is 0 Å². The topological polar surface area (TPSA) is 158 Å². The zero-order valence-corrected chi connectivity index (χ0v) is 68.8. The van der Waals surface area contributed by atoms with Crippen molar-refractivity contribution >= 4 is 263 Å². The van der Waals surface area contributed by atoms with Gasteiger partial charge in [-0.3, -0.25) is 0 Å². The molecule has 0 radical (unpaired) electrons. The van der Waals surface area contributed by atoms with Crippen molar-refractivity contribution in [1.29, 1.82) is 15.8 Å². The van der Waals surface area contributed by atoms with Crippen molar-refractivity contribution in [2.75, 3.05) is 14.7 Å². The van der Waals surface area contributed by atoms with Gasteiger partial charge in [-0.05, 0) is 0 Å². The molecule has 0 fully saturated rings. The van der Waals surface area contributed by atoms with E-state index in [-0.39, 0.29) is 58.5 Å². The van der Waals surface area contributed by atoms with Crippen LogP contribution in [0.15, 0.2) is 310 Å². The van der Waals surface area contributed by atoms with E-state index in [4.69, 9.17) is 15.0 Å². The summed E-state index contributed by atoms with van der Waals surface area (Å²) in [5, 5.41) is 39.8. The first-order chi connectivity index (χ1) is 54.9. The van der Waals surface area contributed by atoms with E-state index in [9.17, 15) is 15.8 Å². The summed E-state index contributed by atoms with van der Waals surface area (Å²) in [7, 11) is 0. The Labute approximate surface area is 675 Å². The molecule has 3 aliphatic heterocycles. The van der Waals surface area contributed by atoms with Crippen LogP contribution < -0.4 is 41.5 Å². The molecule has 12 nitrogen and oxygen atoms in total. The number of allylic oxidation sites excluding steroid dienone is 3. The fourth-order valence-electron chi connectivity index (χ4n) is 14.1. The van der Waals surface area contributed by atoms with Crippen molar-refractivity contribution in [2.45, 2.75) is 0 Å². The minimum absolute atomic E-state index is 0.0202. The van der Waals surface area contributed by atoms with E-state index in [0.29, 0.717) is 64.1 Å². The molecule has 0 amide bonds. The fourth-order valence-corrected chi connectivity index (χ4v) is 26.9. The molecule has 21 rings (SSSR count). The Bertz CT molecular complexity index is 6840. The zero-order valence-electron chi connectivity index (χ0n) is 58.5. The monoisotopic (exact) mass is 1820 g/mol. The van der Waals surface area contributed by atoms with E-state index in [2.05, 4.69) is 284 Å². The predicted octanol–water partition coefficient (Wildman–Crippen LogP) is 16.0. The summed E-state index contributed by atoms with van der Waals surface area (Å²) in [6.07, 6.45) is 11.4. The van der Waals surface area contributed by atoms with Gasteiger partial charge in [0.1, 0.15) is 0 Å². The molecule has 0 bridgehead atoms. The minimum atomic E-state index is 0.0202. The average molecular weight is 1810 g/mol. The number of nitriles is 3. The Morgan fingerprint density at radius 1 is 0.270 bits per heavy atom. The number of fused-ring (bicyclic) bond motifs is 16. The molecule has 3 aliphatic rings. The molecule has 6 aromatic heterocycles. The van der Waals surface area contributed by atoms with Crippen molar-refractivity contribution < 1.29 is 0 Å². The van der Waals surface area contributed by atoms with Crippen LogP contribution in [0, 0.1) is 34.0 Å². The van der Waals surface area contributed by atoms with Crippen molar-refractivity contribution in [1.82, 2.24) is 29.9 Å². The summed E-state index contributed by atoms with van der Waals surface area (Å²) in [5.74, 6) is 1.39. The van der Waals surface area contributed by atoms with E-state index in [0.717, 1.165) is 73.0 Å². The molecular formula is C93H54N12Se6. The second-order valence-corrected chi connectivity index (χ2v) is 39.6. The van der Waals surface area contributed by atoms with Crippen LogP contribution in [0.3, 0.4) is 0 Å². The van der Waals surface area contributed by atoms with Gasteiger partial charge >= 0.3 is 682 Å². The number of rotatable bonds is 9. The molecule has 9 heterocycles.